The van der Waals surface area contributed by atoms with Crippen molar-refractivity contribution >= 4 is 22.8 Å². The largest absolute Gasteiger partial charge is 0.482 e. The summed E-state index contributed by atoms with van der Waals surface area (Å²) < 4.78 is 21.1. The van der Waals surface area contributed by atoms with Crippen molar-refractivity contribution in [3.8, 4) is 11.5 Å². The number of carbonyl (C=O) groups is 2. The highest BCUT2D eigenvalue weighted by atomic mass is 16.6. The van der Waals surface area contributed by atoms with Crippen LogP contribution in [0.15, 0.2) is 80.6 Å². The standard InChI is InChI=1S/C25H21NO7/c1-2-16-5-8-18(9-6-16)31-15-23(27)32-19-10-7-17-12-21(25(29)33-22(17)13-19)24(28)26-14-20-4-3-11-30-20/h3-13H,2,14-15H2,1H3,(H,26,28). The first-order valence-electron chi connectivity index (χ1n) is 10.3. The summed E-state index contributed by atoms with van der Waals surface area (Å²) in [7, 11) is 0. The van der Waals surface area contributed by atoms with Gasteiger partial charge in [-0.05, 0) is 54.4 Å². The van der Waals surface area contributed by atoms with E-state index in [0.29, 0.717) is 16.9 Å². The fourth-order valence-corrected chi connectivity index (χ4v) is 3.11. The van der Waals surface area contributed by atoms with E-state index < -0.39 is 17.5 Å². The first kappa shape index (κ1) is 21.9. The average Bonchev–Trinajstić information content (AvgIpc) is 3.35. The number of furan rings is 1. The zero-order valence-corrected chi connectivity index (χ0v) is 17.8. The zero-order valence-electron chi connectivity index (χ0n) is 17.8. The summed E-state index contributed by atoms with van der Waals surface area (Å²) in [5.74, 6) is 0.121. The Hall–Kier alpha value is -4.33. The van der Waals surface area contributed by atoms with E-state index in [1.54, 1.807) is 36.4 Å². The third-order valence-corrected chi connectivity index (χ3v) is 4.88. The fourth-order valence-electron chi connectivity index (χ4n) is 3.11. The topological polar surface area (TPSA) is 108 Å². The maximum Gasteiger partial charge on any atom is 0.349 e. The summed E-state index contributed by atoms with van der Waals surface area (Å²) in [5, 5.41) is 3.11. The van der Waals surface area contributed by atoms with Crippen molar-refractivity contribution in [2.24, 2.45) is 0 Å². The zero-order chi connectivity index (χ0) is 23.2. The van der Waals surface area contributed by atoms with Gasteiger partial charge in [0.2, 0.25) is 0 Å². The maximum atomic E-state index is 12.3. The van der Waals surface area contributed by atoms with E-state index in [1.165, 1.54) is 24.0 Å². The van der Waals surface area contributed by atoms with Crippen molar-refractivity contribution in [1.29, 1.82) is 0 Å². The second-order valence-corrected chi connectivity index (χ2v) is 7.17. The molecule has 1 amide bonds. The molecule has 0 aliphatic carbocycles. The molecule has 0 aliphatic rings. The van der Waals surface area contributed by atoms with Gasteiger partial charge < -0.3 is 23.6 Å². The van der Waals surface area contributed by atoms with Gasteiger partial charge in [-0.15, -0.1) is 0 Å². The van der Waals surface area contributed by atoms with Crippen molar-refractivity contribution in [3.63, 3.8) is 0 Å². The predicted octanol–water partition coefficient (Wildman–Crippen LogP) is 3.86. The van der Waals surface area contributed by atoms with E-state index in [-0.39, 0.29) is 30.0 Å². The van der Waals surface area contributed by atoms with E-state index in [2.05, 4.69) is 12.2 Å². The number of hydrogen-bond donors (Lipinski definition) is 1. The lowest BCUT2D eigenvalue weighted by atomic mass is 10.1. The van der Waals surface area contributed by atoms with Crippen LogP contribution in [0, 0.1) is 0 Å². The fraction of sp³-hybridized carbons (Fsp3) is 0.160. The number of hydrogen-bond acceptors (Lipinski definition) is 7. The van der Waals surface area contributed by atoms with Crippen LogP contribution in [0.25, 0.3) is 11.0 Å². The van der Waals surface area contributed by atoms with Gasteiger partial charge in [0.05, 0.1) is 12.8 Å². The summed E-state index contributed by atoms with van der Waals surface area (Å²) in [5.41, 5.74) is 0.410. The molecule has 0 unspecified atom stereocenters. The number of esters is 1. The molecule has 0 saturated heterocycles. The van der Waals surface area contributed by atoms with Gasteiger partial charge in [0, 0.05) is 11.5 Å². The second-order valence-electron chi connectivity index (χ2n) is 7.17. The quantitative estimate of drug-likeness (QED) is 0.248. The van der Waals surface area contributed by atoms with Crippen LogP contribution >= 0.6 is 0 Å². The molecule has 0 spiro atoms. The SMILES string of the molecule is CCc1ccc(OCC(=O)Oc2ccc3cc(C(=O)NCc4ccco4)c(=O)oc3c2)cc1. The second kappa shape index (κ2) is 9.86. The first-order valence-corrected chi connectivity index (χ1v) is 10.3. The lowest BCUT2D eigenvalue weighted by Crippen LogP contribution is -2.27. The number of nitrogens with one attached hydrogen (secondary N) is 1. The van der Waals surface area contributed by atoms with Crippen LogP contribution in [0.2, 0.25) is 0 Å². The Balaban J connectivity index is 1.39. The summed E-state index contributed by atoms with van der Waals surface area (Å²) in [4.78, 5) is 36.8. The van der Waals surface area contributed by atoms with E-state index >= 15 is 0 Å². The van der Waals surface area contributed by atoms with Gasteiger partial charge in [0.15, 0.2) is 6.61 Å². The highest BCUT2D eigenvalue weighted by molar-refractivity contribution is 5.96. The predicted molar refractivity (Wildman–Crippen MR) is 119 cm³/mol. The molecule has 4 aromatic rings. The Morgan fingerprint density at radius 3 is 2.52 bits per heavy atom. The number of ether oxygens (including phenoxy) is 2. The monoisotopic (exact) mass is 447 g/mol. The summed E-state index contributed by atoms with van der Waals surface area (Å²) in [6.07, 6.45) is 2.41. The Labute approximate surface area is 188 Å². The molecule has 0 fully saturated rings. The minimum Gasteiger partial charge on any atom is -0.482 e. The number of fused-ring (bicyclic) bond motifs is 1. The third-order valence-electron chi connectivity index (χ3n) is 4.88. The van der Waals surface area contributed by atoms with Gasteiger partial charge in [-0.2, -0.15) is 0 Å². The summed E-state index contributed by atoms with van der Waals surface area (Å²) in [6, 6.07) is 16.8. The van der Waals surface area contributed by atoms with Gasteiger partial charge in [-0.1, -0.05) is 19.1 Å². The van der Waals surface area contributed by atoms with Crippen molar-refractivity contribution in [2.45, 2.75) is 19.9 Å². The highest BCUT2D eigenvalue weighted by Crippen LogP contribution is 2.21. The van der Waals surface area contributed by atoms with Gasteiger partial charge in [-0.25, -0.2) is 9.59 Å². The van der Waals surface area contributed by atoms with Crippen LogP contribution in [0.1, 0.15) is 28.6 Å². The molecule has 33 heavy (non-hydrogen) atoms. The number of rotatable bonds is 8. The molecule has 0 aliphatic heterocycles. The normalized spacial score (nSPS) is 10.7. The van der Waals surface area contributed by atoms with Crippen LogP contribution in [0.3, 0.4) is 0 Å². The summed E-state index contributed by atoms with van der Waals surface area (Å²) in [6.45, 7) is 1.92. The van der Waals surface area contributed by atoms with Gasteiger partial charge in [-0.3, -0.25) is 4.79 Å². The van der Waals surface area contributed by atoms with Crippen LogP contribution in [0.4, 0.5) is 0 Å². The third kappa shape index (κ3) is 5.48. The van der Waals surface area contributed by atoms with Crippen molar-refractivity contribution in [3.05, 3.63) is 94.2 Å². The first-order chi connectivity index (χ1) is 16.0. The number of aryl methyl sites for hydroxylation is 1. The molecule has 4 rings (SSSR count). The maximum absolute atomic E-state index is 12.3. The van der Waals surface area contributed by atoms with Crippen molar-refractivity contribution < 1.29 is 27.9 Å². The van der Waals surface area contributed by atoms with Crippen molar-refractivity contribution in [2.75, 3.05) is 6.61 Å². The number of carbonyl (C=O) groups excluding carboxylic acids is 2. The molecule has 0 radical (unpaired) electrons. The van der Waals surface area contributed by atoms with Gasteiger partial charge >= 0.3 is 11.6 Å². The molecular formula is C25H21NO7. The smallest absolute Gasteiger partial charge is 0.349 e. The summed E-state index contributed by atoms with van der Waals surface area (Å²) >= 11 is 0. The Morgan fingerprint density at radius 2 is 1.79 bits per heavy atom. The van der Waals surface area contributed by atoms with E-state index in [0.717, 1.165) is 6.42 Å². The number of amides is 1. The molecule has 0 bridgehead atoms. The van der Waals surface area contributed by atoms with Gasteiger partial charge in [0.25, 0.3) is 5.91 Å². The molecule has 2 aromatic heterocycles. The minimum atomic E-state index is -0.804. The molecule has 1 N–H and O–H groups in total. The molecule has 8 heteroatoms. The van der Waals surface area contributed by atoms with Crippen LogP contribution in [0.5, 0.6) is 11.5 Å². The molecular weight excluding hydrogens is 426 g/mol. The van der Waals surface area contributed by atoms with E-state index in [1.807, 2.05) is 12.1 Å². The molecule has 2 aromatic carbocycles. The Kier molecular flexibility index (Phi) is 6.54. The molecule has 168 valence electrons. The van der Waals surface area contributed by atoms with Crippen LogP contribution < -0.4 is 20.4 Å². The van der Waals surface area contributed by atoms with E-state index in [4.69, 9.17) is 18.3 Å². The molecule has 0 atom stereocenters. The highest BCUT2D eigenvalue weighted by Gasteiger charge is 2.15. The Morgan fingerprint density at radius 1 is 1.00 bits per heavy atom. The van der Waals surface area contributed by atoms with Crippen molar-refractivity contribution in [1.82, 2.24) is 5.32 Å². The minimum absolute atomic E-state index is 0.138. The molecule has 2 heterocycles. The Bertz CT molecular complexity index is 1320. The number of benzene rings is 2. The lowest BCUT2D eigenvalue weighted by Gasteiger charge is -2.08. The van der Waals surface area contributed by atoms with E-state index in [9.17, 15) is 14.4 Å². The average molecular weight is 447 g/mol. The van der Waals surface area contributed by atoms with Crippen LogP contribution in [-0.2, 0) is 17.8 Å². The van der Waals surface area contributed by atoms with Gasteiger partial charge in [0.1, 0.15) is 28.4 Å². The molecule has 8 nitrogen and oxygen atoms in total. The lowest BCUT2D eigenvalue weighted by molar-refractivity contribution is -0.136. The molecule has 0 saturated carbocycles. The van der Waals surface area contributed by atoms with Crippen LogP contribution in [-0.4, -0.2) is 18.5 Å².